The summed E-state index contributed by atoms with van der Waals surface area (Å²) < 4.78 is 14.6. The number of aromatic nitrogens is 3. The first-order chi connectivity index (χ1) is 8.08. The summed E-state index contributed by atoms with van der Waals surface area (Å²) in [6.45, 7) is 0. The van der Waals surface area contributed by atoms with Crippen molar-refractivity contribution in [2.75, 3.05) is 5.73 Å². The number of aryl methyl sites for hydroxylation is 1. The van der Waals surface area contributed by atoms with Gasteiger partial charge in [0.05, 0.1) is 6.10 Å². The Labute approximate surface area is 97.7 Å². The second-order valence-corrected chi connectivity index (χ2v) is 3.79. The molecule has 0 amide bonds. The van der Waals surface area contributed by atoms with Gasteiger partial charge in [0.25, 0.3) is 0 Å². The molecule has 1 aromatic heterocycles. The van der Waals surface area contributed by atoms with Gasteiger partial charge in [-0.25, -0.2) is 9.37 Å². The van der Waals surface area contributed by atoms with Gasteiger partial charge >= 0.3 is 0 Å². The molecule has 0 fully saturated rings. The molecule has 0 aliphatic rings. The van der Waals surface area contributed by atoms with Crippen LogP contribution < -0.4 is 5.73 Å². The Morgan fingerprint density at radius 2 is 2.29 bits per heavy atom. The number of nitrogens with zero attached hydrogens (tertiary/aromatic N) is 3. The number of nitrogen functional groups attached to an aromatic ring is 1. The van der Waals surface area contributed by atoms with Crippen molar-refractivity contribution in [2.24, 2.45) is 7.05 Å². The maximum Gasteiger partial charge on any atom is 0.138 e. The third kappa shape index (κ3) is 2.42. The summed E-state index contributed by atoms with van der Waals surface area (Å²) in [5.41, 5.74) is 6.42. The normalized spacial score (nSPS) is 12.6. The Bertz CT molecular complexity index is 526. The number of anilines is 1. The van der Waals surface area contributed by atoms with Crippen molar-refractivity contribution in [3.8, 4) is 0 Å². The van der Waals surface area contributed by atoms with Crippen LogP contribution in [0.5, 0.6) is 0 Å². The van der Waals surface area contributed by atoms with Gasteiger partial charge in [0.1, 0.15) is 18.0 Å². The summed E-state index contributed by atoms with van der Waals surface area (Å²) in [7, 11) is 1.73. The van der Waals surface area contributed by atoms with Crippen LogP contribution in [0.3, 0.4) is 0 Å². The number of aliphatic hydroxyl groups excluding tert-OH is 1. The molecule has 5 nitrogen and oxygen atoms in total. The smallest absolute Gasteiger partial charge is 0.138 e. The minimum atomic E-state index is -0.895. The average molecular weight is 236 g/mol. The predicted molar refractivity (Wildman–Crippen MR) is 60.5 cm³/mol. The predicted octanol–water partition coefficient (Wildman–Crippen LogP) is 0.812. The number of aliphatic hydroxyl groups is 1. The molecule has 1 aromatic carbocycles. The van der Waals surface area contributed by atoms with Gasteiger partial charge in [0, 0.05) is 24.7 Å². The summed E-state index contributed by atoms with van der Waals surface area (Å²) in [5, 5.41) is 13.9. The van der Waals surface area contributed by atoms with Crippen molar-refractivity contribution in [2.45, 2.75) is 12.5 Å². The van der Waals surface area contributed by atoms with Crippen LogP contribution in [-0.4, -0.2) is 19.9 Å². The van der Waals surface area contributed by atoms with Gasteiger partial charge in [-0.3, -0.25) is 4.68 Å². The molecular weight excluding hydrogens is 223 g/mol. The molecule has 17 heavy (non-hydrogen) atoms. The molecule has 0 radical (unpaired) electrons. The highest BCUT2D eigenvalue weighted by Crippen LogP contribution is 2.23. The zero-order chi connectivity index (χ0) is 12.4. The van der Waals surface area contributed by atoms with Crippen LogP contribution in [0.4, 0.5) is 10.1 Å². The molecule has 0 aliphatic carbocycles. The zero-order valence-electron chi connectivity index (χ0n) is 9.34. The van der Waals surface area contributed by atoms with Gasteiger partial charge in [-0.15, -0.1) is 0 Å². The molecule has 3 N–H and O–H groups in total. The second-order valence-electron chi connectivity index (χ2n) is 3.79. The van der Waals surface area contributed by atoms with E-state index in [1.54, 1.807) is 11.7 Å². The van der Waals surface area contributed by atoms with Crippen LogP contribution in [0.15, 0.2) is 24.5 Å². The van der Waals surface area contributed by atoms with Gasteiger partial charge in [0.2, 0.25) is 0 Å². The van der Waals surface area contributed by atoms with Gasteiger partial charge in [0.15, 0.2) is 0 Å². The molecule has 1 unspecified atom stereocenters. The van der Waals surface area contributed by atoms with Crippen LogP contribution in [0, 0.1) is 5.82 Å². The number of hydrogen-bond acceptors (Lipinski definition) is 4. The van der Waals surface area contributed by atoms with Crippen LogP contribution in [0.2, 0.25) is 0 Å². The topological polar surface area (TPSA) is 77.0 Å². The monoisotopic (exact) mass is 236 g/mol. The van der Waals surface area contributed by atoms with Gasteiger partial charge in [-0.2, -0.15) is 5.10 Å². The Morgan fingerprint density at radius 3 is 2.94 bits per heavy atom. The zero-order valence-corrected chi connectivity index (χ0v) is 9.34. The molecule has 1 atom stereocenters. The van der Waals surface area contributed by atoms with E-state index < -0.39 is 11.9 Å². The second kappa shape index (κ2) is 4.50. The highest BCUT2D eigenvalue weighted by molar-refractivity contribution is 5.48. The van der Waals surface area contributed by atoms with E-state index in [0.717, 1.165) is 0 Å². The minimum Gasteiger partial charge on any atom is -0.398 e. The molecule has 0 aliphatic heterocycles. The quantitative estimate of drug-likeness (QED) is 0.773. The number of nitrogens with two attached hydrogens (primary N) is 1. The summed E-state index contributed by atoms with van der Waals surface area (Å²) in [4.78, 5) is 3.99. The van der Waals surface area contributed by atoms with E-state index in [0.29, 0.717) is 17.1 Å². The standard InChI is InChI=1S/C11H13FN4O/c1-16-11(14-6-15-16)5-10(17)8-4-7(12)2-3-9(8)13/h2-4,6,10,17H,5,13H2,1H3. The fourth-order valence-electron chi connectivity index (χ4n) is 1.62. The molecule has 2 aromatic rings. The largest absolute Gasteiger partial charge is 0.398 e. The lowest BCUT2D eigenvalue weighted by molar-refractivity contribution is 0.175. The first-order valence-corrected chi connectivity index (χ1v) is 5.14. The summed E-state index contributed by atoms with van der Waals surface area (Å²) in [6, 6.07) is 3.93. The van der Waals surface area contributed by atoms with Crippen LogP contribution in [0.25, 0.3) is 0 Å². The molecular formula is C11H13FN4O. The van der Waals surface area contributed by atoms with Crippen molar-refractivity contribution in [3.05, 3.63) is 41.7 Å². The molecule has 0 saturated carbocycles. The fourth-order valence-corrected chi connectivity index (χ4v) is 1.62. The lowest BCUT2D eigenvalue weighted by Crippen LogP contribution is -2.09. The van der Waals surface area contributed by atoms with Gasteiger partial charge in [-0.05, 0) is 18.2 Å². The number of hydrogen-bond donors (Lipinski definition) is 2. The third-order valence-corrected chi connectivity index (χ3v) is 2.59. The van der Waals surface area contributed by atoms with Crippen molar-refractivity contribution in [3.63, 3.8) is 0 Å². The SMILES string of the molecule is Cn1ncnc1CC(O)c1cc(F)ccc1N. The van der Waals surface area contributed by atoms with E-state index in [-0.39, 0.29) is 6.42 Å². The highest BCUT2D eigenvalue weighted by atomic mass is 19.1. The lowest BCUT2D eigenvalue weighted by Gasteiger charge is -2.12. The Morgan fingerprint density at radius 1 is 1.53 bits per heavy atom. The molecule has 6 heteroatoms. The van der Waals surface area contributed by atoms with E-state index >= 15 is 0 Å². The van der Waals surface area contributed by atoms with Crippen molar-refractivity contribution < 1.29 is 9.50 Å². The Balaban J connectivity index is 2.23. The van der Waals surface area contributed by atoms with E-state index in [1.165, 1.54) is 24.5 Å². The number of benzene rings is 1. The number of rotatable bonds is 3. The molecule has 0 spiro atoms. The molecule has 2 rings (SSSR count). The average Bonchev–Trinajstić information content (AvgIpc) is 2.68. The van der Waals surface area contributed by atoms with Gasteiger partial charge < -0.3 is 10.8 Å². The fraction of sp³-hybridized carbons (Fsp3) is 0.273. The van der Waals surface area contributed by atoms with Gasteiger partial charge in [-0.1, -0.05) is 0 Å². The first-order valence-electron chi connectivity index (χ1n) is 5.14. The van der Waals surface area contributed by atoms with E-state index in [9.17, 15) is 9.50 Å². The maximum atomic E-state index is 13.1. The third-order valence-electron chi connectivity index (χ3n) is 2.59. The molecule has 1 heterocycles. The first kappa shape index (κ1) is 11.5. The summed E-state index contributed by atoms with van der Waals surface area (Å²) in [6.07, 6.45) is 0.745. The number of halogens is 1. The lowest BCUT2D eigenvalue weighted by atomic mass is 10.0. The summed E-state index contributed by atoms with van der Waals surface area (Å²) >= 11 is 0. The molecule has 0 saturated heterocycles. The van der Waals surface area contributed by atoms with Crippen molar-refractivity contribution >= 4 is 5.69 Å². The van der Waals surface area contributed by atoms with E-state index in [1.807, 2.05) is 0 Å². The maximum absolute atomic E-state index is 13.1. The van der Waals surface area contributed by atoms with Crippen LogP contribution >= 0.6 is 0 Å². The van der Waals surface area contributed by atoms with E-state index in [2.05, 4.69) is 10.1 Å². The molecule has 90 valence electrons. The molecule has 0 bridgehead atoms. The van der Waals surface area contributed by atoms with Crippen LogP contribution in [0.1, 0.15) is 17.5 Å². The Hall–Kier alpha value is -1.95. The van der Waals surface area contributed by atoms with Crippen molar-refractivity contribution in [1.29, 1.82) is 0 Å². The van der Waals surface area contributed by atoms with E-state index in [4.69, 9.17) is 5.73 Å². The van der Waals surface area contributed by atoms with Crippen LogP contribution in [-0.2, 0) is 13.5 Å². The summed E-state index contributed by atoms with van der Waals surface area (Å²) in [5.74, 6) is 0.187. The highest BCUT2D eigenvalue weighted by Gasteiger charge is 2.15. The Kier molecular flexibility index (Phi) is 3.06. The minimum absolute atomic E-state index is 0.240. The van der Waals surface area contributed by atoms with Crippen molar-refractivity contribution in [1.82, 2.24) is 14.8 Å².